The number of aryl methyl sites for hydroxylation is 2. The summed E-state index contributed by atoms with van der Waals surface area (Å²) in [6.45, 7) is 2.04. The molecule has 0 unspecified atom stereocenters. The largest absolute Gasteiger partial charge is 0.481 e. The number of aromatic nitrogens is 2. The van der Waals surface area contributed by atoms with Crippen LogP contribution >= 0.6 is 0 Å². The van der Waals surface area contributed by atoms with E-state index >= 15 is 0 Å². The van der Waals surface area contributed by atoms with Gasteiger partial charge < -0.3 is 9.63 Å². The molecule has 5 heteroatoms. The zero-order chi connectivity index (χ0) is 13.7. The van der Waals surface area contributed by atoms with E-state index in [0.717, 1.165) is 5.56 Å². The normalized spacial score (nSPS) is 10.6. The van der Waals surface area contributed by atoms with Gasteiger partial charge in [0.1, 0.15) is 0 Å². The van der Waals surface area contributed by atoms with E-state index in [0.29, 0.717) is 31.0 Å². The summed E-state index contributed by atoms with van der Waals surface area (Å²) >= 11 is 0. The zero-order valence-corrected chi connectivity index (χ0v) is 10.8. The third-order valence-corrected chi connectivity index (χ3v) is 2.77. The number of carboxylic acids is 1. The van der Waals surface area contributed by atoms with Gasteiger partial charge in [0.15, 0.2) is 5.82 Å². The Morgan fingerprint density at radius 3 is 2.74 bits per heavy atom. The van der Waals surface area contributed by atoms with Crippen molar-refractivity contribution in [1.29, 1.82) is 0 Å². The lowest BCUT2D eigenvalue weighted by atomic mass is 10.1. The van der Waals surface area contributed by atoms with Crippen LogP contribution in [0.2, 0.25) is 0 Å². The summed E-state index contributed by atoms with van der Waals surface area (Å²) in [6, 6.07) is 8.16. The molecule has 0 aliphatic heterocycles. The van der Waals surface area contributed by atoms with Gasteiger partial charge in [0.2, 0.25) is 5.89 Å². The van der Waals surface area contributed by atoms with Crippen LogP contribution < -0.4 is 0 Å². The van der Waals surface area contributed by atoms with Gasteiger partial charge >= 0.3 is 5.97 Å². The van der Waals surface area contributed by atoms with Crippen LogP contribution in [0.25, 0.3) is 0 Å². The van der Waals surface area contributed by atoms with Crippen LogP contribution in [-0.2, 0) is 17.6 Å². The first kappa shape index (κ1) is 13.3. The van der Waals surface area contributed by atoms with Crippen molar-refractivity contribution in [1.82, 2.24) is 10.1 Å². The highest BCUT2D eigenvalue weighted by molar-refractivity contribution is 5.66. The Morgan fingerprint density at radius 1 is 1.32 bits per heavy atom. The fourth-order valence-corrected chi connectivity index (χ4v) is 1.74. The Hall–Kier alpha value is -2.17. The molecule has 0 spiro atoms. The SMILES string of the molecule is Cc1ccc(Cc2noc(CCCC(=O)O)n2)cc1. The lowest BCUT2D eigenvalue weighted by molar-refractivity contribution is -0.137. The molecule has 0 amide bonds. The van der Waals surface area contributed by atoms with Crippen LogP contribution in [0.5, 0.6) is 0 Å². The molecule has 0 bridgehead atoms. The molecule has 19 heavy (non-hydrogen) atoms. The molecule has 0 fully saturated rings. The molecule has 5 nitrogen and oxygen atoms in total. The fourth-order valence-electron chi connectivity index (χ4n) is 1.74. The predicted molar refractivity (Wildman–Crippen MR) is 68.9 cm³/mol. The Balaban J connectivity index is 1.90. The number of benzene rings is 1. The molecule has 1 N–H and O–H groups in total. The molecule has 0 saturated heterocycles. The molecule has 0 radical (unpaired) electrons. The number of aliphatic carboxylic acids is 1. The lowest BCUT2D eigenvalue weighted by Gasteiger charge is -1.97. The average Bonchev–Trinajstić information content (AvgIpc) is 2.79. The predicted octanol–water partition coefficient (Wildman–Crippen LogP) is 2.38. The highest BCUT2D eigenvalue weighted by Crippen LogP contribution is 2.09. The lowest BCUT2D eigenvalue weighted by Crippen LogP contribution is -1.96. The maximum absolute atomic E-state index is 10.4. The number of carboxylic acid groups (broad SMARTS) is 1. The standard InChI is InChI=1S/C14H16N2O3/c1-10-5-7-11(8-6-10)9-12-15-13(19-16-12)3-2-4-14(17)18/h5-8H,2-4,9H2,1H3,(H,17,18). The summed E-state index contributed by atoms with van der Waals surface area (Å²) < 4.78 is 5.09. The topological polar surface area (TPSA) is 76.2 Å². The van der Waals surface area contributed by atoms with E-state index in [1.54, 1.807) is 0 Å². The number of hydrogen-bond acceptors (Lipinski definition) is 4. The minimum Gasteiger partial charge on any atom is -0.481 e. The van der Waals surface area contributed by atoms with Crippen molar-refractivity contribution < 1.29 is 14.4 Å². The van der Waals surface area contributed by atoms with Gasteiger partial charge in [-0.2, -0.15) is 4.98 Å². The van der Waals surface area contributed by atoms with Crippen LogP contribution in [0.1, 0.15) is 35.7 Å². The van der Waals surface area contributed by atoms with Crippen molar-refractivity contribution in [2.45, 2.75) is 32.6 Å². The van der Waals surface area contributed by atoms with Crippen LogP contribution in [0.4, 0.5) is 0 Å². The van der Waals surface area contributed by atoms with E-state index in [1.165, 1.54) is 5.56 Å². The summed E-state index contributed by atoms with van der Waals surface area (Å²) in [4.78, 5) is 14.7. The number of rotatable bonds is 6. The van der Waals surface area contributed by atoms with Crippen molar-refractivity contribution in [3.05, 3.63) is 47.1 Å². The minimum atomic E-state index is -0.806. The first-order valence-corrected chi connectivity index (χ1v) is 6.22. The molecule has 100 valence electrons. The van der Waals surface area contributed by atoms with Crippen molar-refractivity contribution in [3.8, 4) is 0 Å². The van der Waals surface area contributed by atoms with Crippen LogP contribution in [-0.4, -0.2) is 21.2 Å². The summed E-state index contributed by atoms with van der Waals surface area (Å²) in [5, 5.41) is 12.4. The van der Waals surface area contributed by atoms with E-state index in [4.69, 9.17) is 9.63 Å². The van der Waals surface area contributed by atoms with Crippen LogP contribution in [0.15, 0.2) is 28.8 Å². The summed E-state index contributed by atoms with van der Waals surface area (Å²) in [6.07, 6.45) is 1.77. The Kier molecular flexibility index (Phi) is 4.28. The Labute approximate surface area is 111 Å². The Bertz CT molecular complexity index is 546. The molecule has 0 saturated carbocycles. The third-order valence-electron chi connectivity index (χ3n) is 2.77. The molecular formula is C14H16N2O3. The van der Waals surface area contributed by atoms with Gasteiger partial charge in [-0.1, -0.05) is 35.0 Å². The molecule has 2 aromatic rings. The van der Waals surface area contributed by atoms with Crippen molar-refractivity contribution in [2.24, 2.45) is 0 Å². The minimum absolute atomic E-state index is 0.121. The number of nitrogens with zero attached hydrogens (tertiary/aromatic N) is 2. The van der Waals surface area contributed by atoms with E-state index in [1.807, 2.05) is 31.2 Å². The molecule has 0 atom stereocenters. The second-order valence-corrected chi connectivity index (χ2v) is 4.51. The first-order chi connectivity index (χ1) is 9.13. The molecular weight excluding hydrogens is 244 g/mol. The maximum atomic E-state index is 10.4. The monoisotopic (exact) mass is 260 g/mol. The molecule has 1 aromatic heterocycles. The second-order valence-electron chi connectivity index (χ2n) is 4.51. The second kappa shape index (κ2) is 6.13. The molecule has 1 aromatic carbocycles. The molecule has 1 heterocycles. The smallest absolute Gasteiger partial charge is 0.303 e. The van der Waals surface area contributed by atoms with E-state index in [-0.39, 0.29) is 6.42 Å². The van der Waals surface area contributed by atoms with Crippen molar-refractivity contribution in [2.75, 3.05) is 0 Å². The summed E-state index contributed by atoms with van der Waals surface area (Å²) in [5.41, 5.74) is 2.34. The quantitative estimate of drug-likeness (QED) is 0.862. The highest BCUT2D eigenvalue weighted by Gasteiger charge is 2.08. The van der Waals surface area contributed by atoms with Gasteiger partial charge in [-0.25, -0.2) is 0 Å². The summed E-state index contributed by atoms with van der Waals surface area (Å²) in [5.74, 6) is 0.330. The van der Waals surface area contributed by atoms with E-state index < -0.39 is 5.97 Å². The Morgan fingerprint density at radius 2 is 2.05 bits per heavy atom. The van der Waals surface area contributed by atoms with E-state index in [9.17, 15) is 4.79 Å². The van der Waals surface area contributed by atoms with Gasteiger partial charge in [0, 0.05) is 19.3 Å². The first-order valence-electron chi connectivity index (χ1n) is 6.22. The highest BCUT2D eigenvalue weighted by atomic mass is 16.5. The van der Waals surface area contributed by atoms with Gasteiger partial charge in [-0.3, -0.25) is 4.79 Å². The average molecular weight is 260 g/mol. The van der Waals surface area contributed by atoms with Crippen molar-refractivity contribution in [3.63, 3.8) is 0 Å². The maximum Gasteiger partial charge on any atom is 0.303 e. The number of hydrogen-bond donors (Lipinski definition) is 1. The van der Waals surface area contributed by atoms with Crippen LogP contribution in [0, 0.1) is 6.92 Å². The van der Waals surface area contributed by atoms with Crippen molar-refractivity contribution >= 4 is 5.97 Å². The molecule has 0 aliphatic rings. The number of carbonyl (C=O) groups is 1. The third kappa shape index (κ3) is 4.21. The van der Waals surface area contributed by atoms with E-state index in [2.05, 4.69) is 10.1 Å². The van der Waals surface area contributed by atoms with Crippen LogP contribution in [0.3, 0.4) is 0 Å². The fraction of sp³-hybridized carbons (Fsp3) is 0.357. The summed E-state index contributed by atoms with van der Waals surface area (Å²) in [7, 11) is 0. The van der Waals surface area contributed by atoms with Gasteiger partial charge in [0.05, 0.1) is 0 Å². The van der Waals surface area contributed by atoms with Gasteiger partial charge in [0.25, 0.3) is 0 Å². The van der Waals surface area contributed by atoms with Gasteiger partial charge in [-0.05, 0) is 18.9 Å². The molecule has 2 rings (SSSR count). The molecule has 0 aliphatic carbocycles. The van der Waals surface area contributed by atoms with Gasteiger partial charge in [-0.15, -0.1) is 0 Å². The zero-order valence-electron chi connectivity index (χ0n) is 10.8.